The Morgan fingerprint density at radius 2 is 1.86 bits per heavy atom. The molecular weight excluding hydrogens is 372 g/mol. The molecule has 1 aliphatic rings. The van der Waals surface area contributed by atoms with Crippen LogP contribution >= 0.6 is 0 Å². The Balaban J connectivity index is 1.54. The smallest absolute Gasteiger partial charge is 0.274 e. The summed E-state index contributed by atoms with van der Waals surface area (Å²) < 4.78 is 10.5. The van der Waals surface area contributed by atoms with Gasteiger partial charge in [-0.1, -0.05) is 17.3 Å². The molecule has 2 aromatic heterocycles. The predicted octanol–water partition coefficient (Wildman–Crippen LogP) is 2.91. The molecule has 4 rings (SSSR count). The van der Waals surface area contributed by atoms with Crippen molar-refractivity contribution < 1.29 is 14.1 Å². The number of amides is 1. The lowest BCUT2D eigenvalue weighted by Gasteiger charge is -2.30. The van der Waals surface area contributed by atoms with Crippen molar-refractivity contribution in [3.63, 3.8) is 0 Å². The molecule has 3 heterocycles. The Labute approximate surface area is 168 Å². The van der Waals surface area contributed by atoms with Gasteiger partial charge < -0.3 is 24.8 Å². The lowest BCUT2D eigenvalue weighted by Crippen LogP contribution is -2.36. The van der Waals surface area contributed by atoms with Crippen LogP contribution in [0.3, 0.4) is 0 Å². The van der Waals surface area contributed by atoms with Crippen LogP contribution in [0.5, 0.6) is 0 Å². The van der Waals surface area contributed by atoms with Crippen LogP contribution in [0.1, 0.15) is 22.1 Å². The van der Waals surface area contributed by atoms with E-state index >= 15 is 0 Å². The molecule has 0 radical (unpaired) electrons. The molecule has 0 atom stereocenters. The van der Waals surface area contributed by atoms with Crippen LogP contribution in [-0.2, 0) is 4.74 Å². The molecule has 1 aromatic carbocycles. The standard InChI is InChI=1S/C20H22N6O3/c1-13-11-19(25-29-13)24-18-12-16(21-14(2)22-18)20(27)23-15-5-3-4-6-17(15)26-7-9-28-10-8-26/h3-6,11-12H,7-10H2,1-2H3,(H,23,27)(H,21,22,24,25). The fourth-order valence-electron chi connectivity index (χ4n) is 3.15. The first-order chi connectivity index (χ1) is 14.1. The number of benzene rings is 1. The SMILES string of the molecule is Cc1nc(Nc2cc(C)on2)cc(C(=O)Nc2ccccc2N2CCOCC2)n1. The normalized spacial score (nSPS) is 13.9. The highest BCUT2D eigenvalue weighted by molar-refractivity contribution is 6.05. The van der Waals surface area contributed by atoms with E-state index in [0.29, 0.717) is 36.4 Å². The number of hydrogen-bond donors (Lipinski definition) is 2. The summed E-state index contributed by atoms with van der Waals surface area (Å²) in [4.78, 5) is 23.7. The summed E-state index contributed by atoms with van der Waals surface area (Å²) >= 11 is 0. The van der Waals surface area contributed by atoms with Crippen molar-refractivity contribution >= 4 is 28.9 Å². The number of nitrogens with one attached hydrogen (secondary N) is 2. The van der Waals surface area contributed by atoms with Crippen molar-refractivity contribution in [2.24, 2.45) is 0 Å². The molecule has 3 aromatic rings. The topological polar surface area (TPSA) is 105 Å². The second-order valence-electron chi connectivity index (χ2n) is 6.70. The van der Waals surface area contributed by atoms with Crippen LogP contribution in [0.25, 0.3) is 0 Å². The van der Waals surface area contributed by atoms with E-state index in [-0.39, 0.29) is 11.6 Å². The molecule has 0 spiro atoms. The number of nitrogens with zero attached hydrogens (tertiary/aromatic N) is 4. The molecule has 150 valence electrons. The average Bonchev–Trinajstić information content (AvgIpc) is 3.13. The number of aryl methyl sites for hydroxylation is 2. The zero-order valence-corrected chi connectivity index (χ0v) is 16.3. The van der Waals surface area contributed by atoms with Crippen LogP contribution in [0.15, 0.2) is 40.9 Å². The minimum absolute atomic E-state index is 0.261. The molecule has 1 aliphatic heterocycles. The van der Waals surface area contributed by atoms with E-state index in [1.165, 1.54) is 0 Å². The van der Waals surface area contributed by atoms with Crippen molar-refractivity contribution in [1.82, 2.24) is 15.1 Å². The molecule has 9 heteroatoms. The van der Waals surface area contributed by atoms with Gasteiger partial charge in [-0.05, 0) is 26.0 Å². The minimum Gasteiger partial charge on any atom is -0.378 e. The summed E-state index contributed by atoms with van der Waals surface area (Å²) in [5.41, 5.74) is 1.96. The van der Waals surface area contributed by atoms with E-state index in [0.717, 1.165) is 24.5 Å². The second-order valence-corrected chi connectivity index (χ2v) is 6.70. The van der Waals surface area contributed by atoms with E-state index in [1.54, 1.807) is 26.0 Å². The summed E-state index contributed by atoms with van der Waals surface area (Å²) in [6, 6.07) is 11.1. The number of morpholine rings is 1. The number of ether oxygens (including phenoxy) is 1. The Morgan fingerprint density at radius 3 is 2.62 bits per heavy atom. The largest absolute Gasteiger partial charge is 0.378 e. The fourth-order valence-corrected chi connectivity index (χ4v) is 3.15. The third-order valence-electron chi connectivity index (χ3n) is 4.46. The van der Waals surface area contributed by atoms with Crippen molar-refractivity contribution in [2.45, 2.75) is 13.8 Å². The van der Waals surface area contributed by atoms with Gasteiger partial charge in [-0.25, -0.2) is 9.97 Å². The van der Waals surface area contributed by atoms with Crippen molar-refractivity contribution in [2.75, 3.05) is 41.8 Å². The average molecular weight is 394 g/mol. The van der Waals surface area contributed by atoms with E-state index in [4.69, 9.17) is 9.26 Å². The number of para-hydroxylation sites is 2. The first kappa shape index (κ1) is 18.9. The summed E-state index contributed by atoms with van der Waals surface area (Å²) in [6.07, 6.45) is 0. The molecule has 2 N–H and O–H groups in total. The molecule has 1 amide bonds. The molecule has 9 nitrogen and oxygen atoms in total. The Kier molecular flexibility index (Phi) is 5.39. The Bertz CT molecular complexity index is 1010. The zero-order valence-electron chi connectivity index (χ0n) is 16.3. The number of rotatable bonds is 5. The van der Waals surface area contributed by atoms with Gasteiger partial charge in [-0.15, -0.1) is 0 Å². The molecule has 0 saturated carbocycles. The van der Waals surface area contributed by atoms with Gasteiger partial charge in [0.15, 0.2) is 5.82 Å². The van der Waals surface area contributed by atoms with Gasteiger partial charge in [0.25, 0.3) is 5.91 Å². The minimum atomic E-state index is -0.310. The summed E-state index contributed by atoms with van der Waals surface area (Å²) in [7, 11) is 0. The second kappa shape index (κ2) is 8.27. The predicted molar refractivity (Wildman–Crippen MR) is 109 cm³/mol. The van der Waals surface area contributed by atoms with Gasteiger partial charge in [-0.2, -0.15) is 0 Å². The Morgan fingerprint density at radius 1 is 1.07 bits per heavy atom. The number of anilines is 4. The maximum atomic E-state index is 12.9. The quantitative estimate of drug-likeness (QED) is 0.680. The molecule has 29 heavy (non-hydrogen) atoms. The van der Waals surface area contributed by atoms with Crippen LogP contribution < -0.4 is 15.5 Å². The number of carbonyl (C=O) groups is 1. The number of aromatic nitrogens is 3. The van der Waals surface area contributed by atoms with Gasteiger partial charge in [-0.3, -0.25) is 4.79 Å². The maximum absolute atomic E-state index is 12.9. The van der Waals surface area contributed by atoms with Gasteiger partial charge in [0.1, 0.15) is 23.1 Å². The monoisotopic (exact) mass is 394 g/mol. The zero-order chi connectivity index (χ0) is 20.2. The summed E-state index contributed by atoms with van der Waals surface area (Å²) in [6.45, 7) is 6.44. The summed E-state index contributed by atoms with van der Waals surface area (Å²) in [5.74, 6) is 1.83. The van der Waals surface area contributed by atoms with Crippen LogP contribution in [0, 0.1) is 13.8 Å². The van der Waals surface area contributed by atoms with E-state index < -0.39 is 0 Å². The van der Waals surface area contributed by atoms with Gasteiger partial charge >= 0.3 is 0 Å². The lowest BCUT2D eigenvalue weighted by molar-refractivity contribution is 0.102. The summed E-state index contributed by atoms with van der Waals surface area (Å²) in [5, 5.41) is 9.89. The molecular formula is C20H22N6O3. The van der Waals surface area contributed by atoms with Gasteiger partial charge in [0.05, 0.1) is 24.6 Å². The third-order valence-corrected chi connectivity index (χ3v) is 4.46. The maximum Gasteiger partial charge on any atom is 0.274 e. The molecule has 0 unspecified atom stereocenters. The highest BCUT2D eigenvalue weighted by Gasteiger charge is 2.18. The van der Waals surface area contributed by atoms with Gasteiger partial charge in [0, 0.05) is 25.2 Å². The van der Waals surface area contributed by atoms with Crippen molar-refractivity contribution in [3.8, 4) is 0 Å². The molecule has 0 bridgehead atoms. The van der Waals surface area contributed by atoms with Crippen LogP contribution in [0.4, 0.5) is 23.0 Å². The lowest BCUT2D eigenvalue weighted by atomic mass is 10.2. The van der Waals surface area contributed by atoms with Crippen LogP contribution in [-0.4, -0.2) is 47.3 Å². The third kappa shape index (κ3) is 4.52. The number of carbonyl (C=O) groups excluding carboxylic acids is 1. The van der Waals surface area contributed by atoms with Gasteiger partial charge in [0.2, 0.25) is 0 Å². The first-order valence-electron chi connectivity index (χ1n) is 9.37. The highest BCUT2D eigenvalue weighted by Crippen LogP contribution is 2.27. The van der Waals surface area contributed by atoms with Crippen molar-refractivity contribution in [3.05, 3.63) is 53.7 Å². The molecule has 1 fully saturated rings. The first-order valence-corrected chi connectivity index (χ1v) is 9.37. The fraction of sp³-hybridized carbons (Fsp3) is 0.300. The van der Waals surface area contributed by atoms with E-state index in [9.17, 15) is 4.79 Å². The Hall–Kier alpha value is -3.46. The highest BCUT2D eigenvalue weighted by atomic mass is 16.5. The van der Waals surface area contributed by atoms with Crippen LogP contribution in [0.2, 0.25) is 0 Å². The van der Waals surface area contributed by atoms with E-state index in [2.05, 4.69) is 30.7 Å². The van der Waals surface area contributed by atoms with E-state index in [1.807, 2.05) is 24.3 Å². The molecule has 0 aliphatic carbocycles. The molecule has 1 saturated heterocycles. The van der Waals surface area contributed by atoms with Crippen molar-refractivity contribution in [1.29, 1.82) is 0 Å². The number of hydrogen-bond acceptors (Lipinski definition) is 8.